The molecule has 2 fully saturated rings. The summed E-state index contributed by atoms with van der Waals surface area (Å²) in [6.45, 7) is 8.54. The number of aliphatic hydroxyl groups excluding tert-OH is 1. The van der Waals surface area contributed by atoms with Crippen molar-refractivity contribution >= 4 is 0 Å². The SMILES string of the molecule is CCC1CC(NCCCO)CN(C(C)C2CCC2)C1. The van der Waals surface area contributed by atoms with Gasteiger partial charge in [0.25, 0.3) is 0 Å². The molecule has 0 bridgehead atoms. The Kier molecular flexibility index (Phi) is 6.11. The van der Waals surface area contributed by atoms with Crippen molar-refractivity contribution in [3.8, 4) is 0 Å². The Labute approximate surface area is 118 Å². The highest BCUT2D eigenvalue weighted by atomic mass is 16.3. The van der Waals surface area contributed by atoms with Crippen LogP contribution in [0.25, 0.3) is 0 Å². The molecule has 0 radical (unpaired) electrons. The second-order valence-electron chi connectivity index (χ2n) is 6.62. The van der Waals surface area contributed by atoms with Crippen LogP contribution in [0.2, 0.25) is 0 Å². The molecule has 112 valence electrons. The number of nitrogens with one attached hydrogen (secondary N) is 1. The molecule has 1 saturated carbocycles. The van der Waals surface area contributed by atoms with E-state index < -0.39 is 0 Å². The monoisotopic (exact) mass is 268 g/mol. The number of hydrogen-bond acceptors (Lipinski definition) is 3. The van der Waals surface area contributed by atoms with Crippen LogP contribution in [0, 0.1) is 11.8 Å². The van der Waals surface area contributed by atoms with Crippen molar-refractivity contribution in [2.75, 3.05) is 26.2 Å². The van der Waals surface area contributed by atoms with Gasteiger partial charge in [-0.05, 0) is 51.0 Å². The summed E-state index contributed by atoms with van der Waals surface area (Å²) in [6.07, 6.45) is 7.82. The molecule has 3 unspecified atom stereocenters. The van der Waals surface area contributed by atoms with E-state index in [-0.39, 0.29) is 0 Å². The predicted octanol–water partition coefficient (Wildman–Crippen LogP) is 2.25. The number of piperidine rings is 1. The first-order valence-electron chi connectivity index (χ1n) is 8.32. The number of aliphatic hydroxyl groups is 1. The molecule has 0 aromatic rings. The molecule has 1 heterocycles. The van der Waals surface area contributed by atoms with Crippen molar-refractivity contribution in [2.45, 2.75) is 64.5 Å². The normalized spacial score (nSPS) is 31.1. The largest absolute Gasteiger partial charge is 0.396 e. The van der Waals surface area contributed by atoms with Gasteiger partial charge in [-0.25, -0.2) is 0 Å². The maximum absolute atomic E-state index is 8.90. The zero-order valence-corrected chi connectivity index (χ0v) is 12.8. The van der Waals surface area contributed by atoms with E-state index in [0.717, 1.165) is 30.8 Å². The third-order valence-electron chi connectivity index (χ3n) is 5.32. The molecular weight excluding hydrogens is 236 g/mol. The summed E-state index contributed by atoms with van der Waals surface area (Å²) in [5, 5.41) is 12.5. The Morgan fingerprint density at radius 1 is 1.32 bits per heavy atom. The zero-order chi connectivity index (χ0) is 13.7. The molecule has 1 aliphatic carbocycles. The minimum absolute atomic E-state index is 0.305. The quantitative estimate of drug-likeness (QED) is 0.695. The van der Waals surface area contributed by atoms with Crippen LogP contribution in [-0.2, 0) is 0 Å². The van der Waals surface area contributed by atoms with Crippen LogP contribution < -0.4 is 5.32 Å². The number of rotatable bonds is 7. The number of likely N-dealkylation sites (tertiary alicyclic amines) is 1. The van der Waals surface area contributed by atoms with Gasteiger partial charge >= 0.3 is 0 Å². The van der Waals surface area contributed by atoms with Crippen molar-refractivity contribution < 1.29 is 5.11 Å². The van der Waals surface area contributed by atoms with Gasteiger partial charge in [-0.15, -0.1) is 0 Å². The van der Waals surface area contributed by atoms with E-state index in [0.29, 0.717) is 12.6 Å². The van der Waals surface area contributed by atoms with Gasteiger partial charge < -0.3 is 10.4 Å². The lowest BCUT2D eigenvalue weighted by atomic mass is 9.78. The molecule has 19 heavy (non-hydrogen) atoms. The van der Waals surface area contributed by atoms with Crippen molar-refractivity contribution in [3.05, 3.63) is 0 Å². The van der Waals surface area contributed by atoms with Crippen molar-refractivity contribution in [3.63, 3.8) is 0 Å². The van der Waals surface area contributed by atoms with Crippen LogP contribution in [0.3, 0.4) is 0 Å². The lowest BCUT2D eigenvalue weighted by Crippen LogP contribution is -2.54. The maximum atomic E-state index is 8.90. The Bertz CT molecular complexity index is 255. The first kappa shape index (κ1) is 15.3. The van der Waals surface area contributed by atoms with Gasteiger partial charge in [0.2, 0.25) is 0 Å². The smallest absolute Gasteiger partial charge is 0.0443 e. The second kappa shape index (κ2) is 7.61. The zero-order valence-electron chi connectivity index (χ0n) is 12.8. The Balaban J connectivity index is 1.83. The molecule has 2 N–H and O–H groups in total. The average Bonchev–Trinajstić information content (AvgIpc) is 2.36. The summed E-state index contributed by atoms with van der Waals surface area (Å²) in [5.41, 5.74) is 0. The maximum Gasteiger partial charge on any atom is 0.0443 e. The molecule has 3 heteroatoms. The van der Waals surface area contributed by atoms with E-state index in [1.807, 2.05) is 0 Å². The number of nitrogens with zero attached hydrogens (tertiary/aromatic N) is 1. The van der Waals surface area contributed by atoms with Crippen molar-refractivity contribution in [1.82, 2.24) is 10.2 Å². The van der Waals surface area contributed by atoms with Gasteiger partial charge in [0.15, 0.2) is 0 Å². The summed E-state index contributed by atoms with van der Waals surface area (Å²) < 4.78 is 0. The molecule has 1 aliphatic heterocycles. The topological polar surface area (TPSA) is 35.5 Å². The fourth-order valence-corrected chi connectivity index (χ4v) is 3.62. The molecule has 2 rings (SSSR count). The third kappa shape index (κ3) is 4.17. The van der Waals surface area contributed by atoms with Crippen LogP contribution in [0.4, 0.5) is 0 Å². The lowest BCUT2D eigenvalue weighted by molar-refractivity contribution is 0.0504. The minimum Gasteiger partial charge on any atom is -0.396 e. The van der Waals surface area contributed by atoms with Crippen LogP contribution in [0.5, 0.6) is 0 Å². The minimum atomic E-state index is 0.305. The van der Waals surface area contributed by atoms with Gasteiger partial charge in [0, 0.05) is 31.8 Å². The van der Waals surface area contributed by atoms with Gasteiger partial charge in [0.05, 0.1) is 0 Å². The molecule has 0 aromatic carbocycles. The molecule has 3 atom stereocenters. The second-order valence-corrected chi connectivity index (χ2v) is 6.62. The van der Waals surface area contributed by atoms with E-state index in [1.54, 1.807) is 0 Å². The molecule has 0 aromatic heterocycles. The van der Waals surface area contributed by atoms with Crippen LogP contribution in [0.1, 0.15) is 52.4 Å². The highest BCUT2D eigenvalue weighted by molar-refractivity contribution is 4.89. The fraction of sp³-hybridized carbons (Fsp3) is 1.00. The molecular formula is C16H32N2O. The summed E-state index contributed by atoms with van der Waals surface area (Å²) in [7, 11) is 0. The summed E-state index contributed by atoms with van der Waals surface area (Å²) in [4.78, 5) is 2.73. The number of hydrogen-bond donors (Lipinski definition) is 2. The molecule has 1 saturated heterocycles. The predicted molar refractivity (Wildman–Crippen MR) is 80.3 cm³/mol. The van der Waals surface area contributed by atoms with E-state index in [4.69, 9.17) is 5.11 Å². The summed E-state index contributed by atoms with van der Waals surface area (Å²) >= 11 is 0. The van der Waals surface area contributed by atoms with Gasteiger partial charge in [0.1, 0.15) is 0 Å². The van der Waals surface area contributed by atoms with Crippen LogP contribution >= 0.6 is 0 Å². The first-order chi connectivity index (χ1) is 9.24. The van der Waals surface area contributed by atoms with E-state index in [1.165, 1.54) is 45.2 Å². The van der Waals surface area contributed by atoms with Gasteiger partial charge in [-0.3, -0.25) is 4.90 Å². The Hall–Kier alpha value is -0.120. The molecule has 0 spiro atoms. The van der Waals surface area contributed by atoms with E-state index in [2.05, 4.69) is 24.1 Å². The average molecular weight is 268 g/mol. The van der Waals surface area contributed by atoms with Gasteiger partial charge in [-0.2, -0.15) is 0 Å². The van der Waals surface area contributed by atoms with Crippen LogP contribution in [-0.4, -0.2) is 48.3 Å². The third-order valence-corrected chi connectivity index (χ3v) is 5.32. The van der Waals surface area contributed by atoms with Crippen molar-refractivity contribution in [2.24, 2.45) is 11.8 Å². The first-order valence-corrected chi connectivity index (χ1v) is 8.32. The molecule has 3 nitrogen and oxygen atoms in total. The standard InChI is InChI=1S/C16H32N2O/c1-3-14-10-16(17-8-5-9-19)12-18(11-14)13(2)15-6-4-7-15/h13-17,19H,3-12H2,1-2H3. The molecule has 2 aliphatic rings. The van der Waals surface area contributed by atoms with Crippen LogP contribution in [0.15, 0.2) is 0 Å². The summed E-state index contributed by atoms with van der Waals surface area (Å²) in [6, 6.07) is 1.40. The summed E-state index contributed by atoms with van der Waals surface area (Å²) in [5.74, 6) is 1.80. The fourth-order valence-electron chi connectivity index (χ4n) is 3.62. The van der Waals surface area contributed by atoms with E-state index in [9.17, 15) is 0 Å². The molecule has 0 amide bonds. The Morgan fingerprint density at radius 2 is 2.11 bits per heavy atom. The van der Waals surface area contributed by atoms with Crippen molar-refractivity contribution in [1.29, 1.82) is 0 Å². The van der Waals surface area contributed by atoms with Gasteiger partial charge in [-0.1, -0.05) is 19.8 Å². The van der Waals surface area contributed by atoms with E-state index >= 15 is 0 Å². The highest BCUT2D eigenvalue weighted by Gasteiger charge is 2.33. The Morgan fingerprint density at radius 3 is 2.68 bits per heavy atom. The highest BCUT2D eigenvalue weighted by Crippen LogP contribution is 2.34. The lowest BCUT2D eigenvalue weighted by Gasteiger charge is -2.45.